The van der Waals surface area contributed by atoms with Crippen LogP contribution in [0.15, 0.2) is 42.5 Å². The number of hydrogen-bond acceptors (Lipinski definition) is 4. The lowest BCUT2D eigenvalue weighted by Gasteiger charge is -2.32. The van der Waals surface area contributed by atoms with Crippen LogP contribution in [0.25, 0.3) is 0 Å². The summed E-state index contributed by atoms with van der Waals surface area (Å²) < 4.78 is 29.6. The summed E-state index contributed by atoms with van der Waals surface area (Å²) in [5, 5.41) is 2.93. The third kappa shape index (κ3) is 5.06. The number of nitrogens with one attached hydrogen (secondary N) is 1. The first kappa shape index (κ1) is 19.8. The molecule has 0 aliphatic carbocycles. The second-order valence-electron chi connectivity index (χ2n) is 6.60. The van der Waals surface area contributed by atoms with Gasteiger partial charge in [-0.15, -0.1) is 0 Å². The van der Waals surface area contributed by atoms with Crippen LogP contribution in [0.5, 0.6) is 17.2 Å². The molecule has 1 N–H and O–H groups in total. The van der Waals surface area contributed by atoms with E-state index in [1.54, 1.807) is 37.3 Å². The van der Waals surface area contributed by atoms with Gasteiger partial charge in [0.2, 0.25) is 0 Å². The first-order valence-corrected chi connectivity index (χ1v) is 9.25. The molecule has 7 heteroatoms. The predicted octanol–water partition coefficient (Wildman–Crippen LogP) is 3.60. The van der Waals surface area contributed by atoms with Crippen molar-refractivity contribution in [1.82, 2.24) is 10.2 Å². The normalized spacial score (nSPS) is 14.5. The second-order valence-corrected chi connectivity index (χ2v) is 6.60. The smallest absolute Gasteiger partial charge is 0.317 e. The minimum Gasteiger partial charge on any atom is -0.497 e. The third-order valence-electron chi connectivity index (χ3n) is 4.75. The zero-order chi connectivity index (χ0) is 19.9. The number of carbonyl (C=O) groups excluding carboxylic acids is 1. The highest BCUT2D eigenvalue weighted by Gasteiger charge is 2.24. The highest BCUT2D eigenvalue weighted by Crippen LogP contribution is 2.24. The molecular weight excluding hydrogens is 363 g/mol. The summed E-state index contributed by atoms with van der Waals surface area (Å²) in [4.78, 5) is 14.2. The molecule has 2 amide bonds. The van der Waals surface area contributed by atoms with Gasteiger partial charge in [-0.2, -0.15) is 0 Å². The molecule has 2 aromatic carbocycles. The Morgan fingerprint density at radius 3 is 2.57 bits per heavy atom. The van der Waals surface area contributed by atoms with Gasteiger partial charge in [-0.25, -0.2) is 9.18 Å². The van der Waals surface area contributed by atoms with E-state index in [0.717, 1.165) is 5.56 Å². The van der Waals surface area contributed by atoms with Gasteiger partial charge in [0.1, 0.15) is 29.2 Å². The molecule has 150 valence electrons. The van der Waals surface area contributed by atoms with Gasteiger partial charge in [0, 0.05) is 50.2 Å². The van der Waals surface area contributed by atoms with Gasteiger partial charge in [-0.1, -0.05) is 6.07 Å². The standard InChI is InChI=1S/C21H25FN2O4/c1-26-18-7-6-15(20(13-18)27-2)14-23-21(25)24-10-8-17(9-11-24)28-19-5-3-4-16(22)12-19/h3-7,12-13,17H,8-11,14H2,1-2H3,(H,23,25). The maximum atomic E-state index is 13.3. The summed E-state index contributed by atoms with van der Waals surface area (Å²) in [5.41, 5.74) is 0.876. The summed E-state index contributed by atoms with van der Waals surface area (Å²) in [6.45, 7) is 1.54. The first-order chi connectivity index (χ1) is 13.6. The number of urea groups is 1. The van der Waals surface area contributed by atoms with Gasteiger partial charge < -0.3 is 24.4 Å². The van der Waals surface area contributed by atoms with Crippen molar-refractivity contribution < 1.29 is 23.4 Å². The molecule has 2 aromatic rings. The van der Waals surface area contributed by atoms with Crippen LogP contribution >= 0.6 is 0 Å². The van der Waals surface area contributed by atoms with Crippen LogP contribution in [0.1, 0.15) is 18.4 Å². The molecule has 3 rings (SSSR count). The molecule has 0 spiro atoms. The Balaban J connectivity index is 1.48. The fraction of sp³-hybridized carbons (Fsp3) is 0.381. The molecule has 1 saturated heterocycles. The number of hydrogen-bond donors (Lipinski definition) is 1. The molecule has 0 unspecified atom stereocenters. The third-order valence-corrected chi connectivity index (χ3v) is 4.75. The first-order valence-electron chi connectivity index (χ1n) is 9.25. The van der Waals surface area contributed by atoms with Crippen molar-refractivity contribution >= 4 is 6.03 Å². The average molecular weight is 388 g/mol. The highest BCUT2D eigenvalue weighted by molar-refractivity contribution is 5.74. The summed E-state index contributed by atoms with van der Waals surface area (Å²) in [6.07, 6.45) is 1.39. The number of halogens is 1. The van der Waals surface area contributed by atoms with E-state index in [-0.39, 0.29) is 18.0 Å². The van der Waals surface area contributed by atoms with E-state index in [1.807, 2.05) is 12.1 Å². The van der Waals surface area contributed by atoms with Gasteiger partial charge in [0.25, 0.3) is 0 Å². The lowest BCUT2D eigenvalue weighted by molar-refractivity contribution is 0.110. The van der Waals surface area contributed by atoms with Crippen LogP contribution in [0.4, 0.5) is 9.18 Å². The van der Waals surface area contributed by atoms with Crippen molar-refractivity contribution in [1.29, 1.82) is 0 Å². The fourth-order valence-corrected chi connectivity index (χ4v) is 3.19. The minimum atomic E-state index is -0.316. The molecule has 1 heterocycles. The molecule has 0 radical (unpaired) electrons. The number of amides is 2. The maximum Gasteiger partial charge on any atom is 0.317 e. The molecule has 1 aliphatic rings. The summed E-state index contributed by atoms with van der Waals surface area (Å²) in [7, 11) is 3.18. The van der Waals surface area contributed by atoms with E-state index in [1.165, 1.54) is 12.1 Å². The van der Waals surface area contributed by atoms with Gasteiger partial charge in [-0.3, -0.25) is 0 Å². The SMILES string of the molecule is COc1ccc(CNC(=O)N2CCC(Oc3cccc(F)c3)CC2)c(OC)c1. The van der Waals surface area contributed by atoms with E-state index in [2.05, 4.69) is 5.32 Å². The Morgan fingerprint density at radius 1 is 1.11 bits per heavy atom. The molecule has 6 nitrogen and oxygen atoms in total. The number of carbonyl (C=O) groups is 1. The molecule has 28 heavy (non-hydrogen) atoms. The Kier molecular flexibility index (Phi) is 6.57. The van der Waals surface area contributed by atoms with Crippen molar-refractivity contribution in [2.45, 2.75) is 25.5 Å². The average Bonchev–Trinajstić information content (AvgIpc) is 2.72. The largest absolute Gasteiger partial charge is 0.497 e. The monoisotopic (exact) mass is 388 g/mol. The van der Waals surface area contributed by atoms with Crippen LogP contribution in [0.3, 0.4) is 0 Å². The number of ether oxygens (including phenoxy) is 3. The Labute approximate surface area is 164 Å². The zero-order valence-electron chi connectivity index (χ0n) is 16.1. The number of methoxy groups -OCH3 is 2. The summed E-state index contributed by atoms with van der Waals surface area (Å²) >= 11 is 0. The van der Waals surface area contributed by atoms with Gasteiger partial charge in [-0.05, 0) is 24.3 Å². The Bertz CT molecular complexity index is 807. The lowest BCUT2D eigenvalue weighted by Crippen LogP contribution is -2.46. The van der Waals surface area contributed by atoms with Crippen LogP contribution < -0.4 is 19.5 Å². The highest BCUT2D eigenvalue weighted by atomic mass is 19.1. The zero-order valence-corrected chi connectivity index (χ0v) is 16.1. The van der Waals surface area contributed by atoms with E-state index < -0.39 is 0 Å². The molecule has 0 saturated carbocycles. The van der Waals surface area contributed by atoms with Crippen molar-refractivity contribution in [3.63, 3.8) is 0 Å². The van der Waals surface area contributed by atoms with Crippen molar-refractivity contribution in [2.24, 2.45) is 0 Å². The summed E-state index contributed by atoms with van der Waals surface area (Å²) in [5.74, 6) is 1.58. The van der Waals surface area contributed by atoms with Crippen LogP contribution in [0.2, 0.25) is 0 Å². The molecule has 0 atom stereocenters. The van der Waals surface area contributed by atoms with E-state index in [9.17, 15) is 9.18 Å². The minimum absolute atomic E-state index is 0.0208. The topological polar surface area (TPSA) is 60.0 Å². The molecular formula is C21H25FN2O4. The fourth-order valence-electron chi connectivity index (χ4n) is 3.19. The molecule has 0 aromatic heterocycles. The van der Waals surface area contributed by atoms with Crippen LogP contribution in [-0.2, 0) is 6.54 Å². The van der Waals surface area contributed by atoms with Gasteiger partial charge in [0.05, 0.1) is 14.2 Å². The number of rotatable bonds is 6. The predicted molar refractivity (Wildman–Crippen MR) is 103 cm³/mol. The van der Waals surface area contributed by atoms with Crippen LogP contribution in [-0.4, -0.2) is 44.3 Å². The number of benzene rings is 2. The number of piperidine rings is 1. The van der Waals surface area contributed by atoms with Crippen molar-refractivity contribution in [3.8, 4) is 17.2 Å². The second kappa shape index (κ2) is 9.30. The van der Waals surface area contributed by atoms with E-state index >= 15 is 0 Å². The quantitative estimate of drug-likeness (QED) is 0.822. The number of likely N-dealkylation sites (tertiary alicyclic amines) is 1. The Hall–Kier alpha value is -2.96. The van der Waals surface area contributed by atoms with Crippen molar-refractivity contribution in [2.75, 3.05) is 27.3 Å². The molecule has 0 bridgehead atoms. The van der Waals surface area contributed by atoms with E-state index in [4.69, 9.17) is 14.2 Å². The van der Waals surface area contributed by atoms with Gasteiger partial charge in [0.15, 0.2) is 0 Å². The molecule has 1 aliphatic heterocycles. The van der Waals surface area contributed by atoms with Crippen molar-refractivity contribution in [3.05, 3.63) is 53.8 Å². The maximum absolute atomic E-state index is 13.3. The number of nitrogens with zero attached hydrogens (tertiary/aromatic N) is 1. The van der Waals surface area contributed by atoms with Crippen LogP contribution in [0, 0.1) is 5.82 Å². The Morgan fingerprint density at radius 2 is 1.89 bits per heavy atom. The molecule has 1 fully saturated rings. The van der Waals surface area contributed by atoms with Gasteiger partial charge >= 0.3 is 6.03 Å². The van der Waals surface area contributed by atoms with E-state index in [0.29, 0.717) is 49.7 Å². The summed E-state index contributed by atoms with van der Waals surface area (Å²) in [6, 6.07) is 11.5. The lowest BCUT2D eigenvalue weighted by atomic mass is 10.1.